The first-order valence-electron chi connectivity index (χ1n) is 6.95. The molecule has 22 heavy (non-hydrogen) atoms. The van der Waals surface area contributed by atoms with Gasteiger partial charge >= 0.3 is 5.97 Å². The van der Waals surface area contributed by atoms with E-state index in [2.05, 4.69) is 10.3 Å². The minimum Gasteiger partial charge on any atom is -0.497 e. The average molecular weight is 302 g/mol. The van der Waals surface area contributed by atoms with Crippen molar-refractivity contribution >= 4 is 22.8 Å². The molecule has 0 bridgehead atoms. The van der Waals surface area contributed by atoms with Crippen LogP contribution in [0.25, 0.3) is 10.9 Å². The van der Waals surface area contributed by atoms with Crippen LogP contribution in [0, 0.1) is 6.92 Å². The van der Waals surface area contributed by atoms with Crippen molar-refractivity contribution in [3.8, 4) is 5.75 Å². The van der Waals surface area contributed by atoms with E-state index in [0.717, 1.165) is 10.9 Å². The second kappa shape index (κ2) is 6.43. The van der Waals surface area contributed by atoms with Crippen LogP contribution in [0.3, 0.4) is 0 Å². The number of pyridine rings is 1. The summed E-state index contributed by atoms with van der Waals surface area (Å²) in [7, 11) is 1.58. The lowest BCUT2D eigenvalue weighted by Crippen LogP contribution is -2.40. The van der Waals surface area contributed by atoms with Crippen LogP contribution in [0.1, 0.15) is 29.4 Å². The second-order valence-electron chi connectivity index (χ2n) is 4.95. The minimum absolute atomic E-state index is 0.318. The number of carboxylic acid groups (broad SMARTS) is 1. The van der Waals surface area contributed by atoms with Crippen molar-refractivity contribution in [1.82, 2.24) is 10.3 Å². The van der Waals surface area contributed by atoms with Crippen LogP contribution in [0.5, 0.6) is 5.75 Å². The fourth-order valence-corrected chi connectivity index (χ4v) is 2.17. The number of aryl methyl sites for hydroxylation is 1. The Bertz CT molecular complexity index is 727. The van der Waals surface area contributed by atoms with E-state index in [9.17, 15) is 9.59 Å². The average Bonchev–Trinajstić information content (AvgIpc) is 2.50. The van der Waals surface area contributed by atoms with Crippen molar-refractivity contribution in [3.05, 3.63) is 35.5 Å². The molecule has 0 aliphatic carbocycles. The van der Waals surface area contributed by atoms with E-state index >= 15 is 0 Å². The fraction of sp³-hybridized carbons (Fsp3) is 0.312. The third-order valence-corrected chi connectivity index (χ3v) is 3.47. The molecule has 0 radical (unpaired) electrons. The number of hydrogen-bond donors (Lipinski definition) is 2. The first-order valence-corrected chi connectivity index (χ1v) is 6.95. The first kappa shape index (κ1) is 15.8. The van der Waals surface area contributed by atoms with Crippen molar-refractivity contribution < 1.29 is 19.4 Å². The lowest BCUT2D eigenvalue weighted by molar-refractivity contribution is -0.139. The molecular weight excluding hydrogens is 284 g/mol. The van der Waals surface area contributed by atoms with Gasteiger partial charge in [0.05, 0.1) is 23.9 Å². The first-order chi connectivity index (χ1) is 10.5. The highest BCUT2D eigenvalue weighted by atomic mass is 16.5. The molecule has 0 spiro atoms. The summed E-state index contributed by atoms with van der Waals surface area (Å²) in [6.07, 6.45) is 0.318. The monoisotopic (exact) mass is 302 g/mol. The molecule has 1 aromatic carbocycles. The van der Waals surface area contributed by atoms with Gasteiger partial charge in [-0.15, -0.1) is 0 Å². The molecule has 0 fully saturated rings. The molecular formula is C16H18N2O4. The van der Waals surface area contributed by atoms with Gasteiger partial charge in [0.2, 0.25) is 0 Å². The van der Waals surface area contributed by atoms with E-state index in [1.54, 1.807) is 39.2 Å². The normalized spacial score (nSPS) is 12.0. The number of carboxylic acids is 1. The molecule has 1 atom stereocenters. The molecule has 0 aliphatic rings. The van der Waals surface area contributed by atoms with Crippen LogP contribution in [0.15, 0.2) is 24.3 Å². The summed E-state index contributed by atoms with van der Waals surface area (Å²) < 4.78 is 5.15. The van der Waals surface area contributed by atoms with E-state index in [4.69, 9.17) is 9.84 Å². The number of aliphatic carboxylic acids is 1. The van der Waals surface area contributed by atoms with Crippen molar-refractivity contribution in [2.75, 3.05) is 7.11 Å². The lowest BCUT2D eigenvalue weighted by atomic mass is 10.1. The van der Waals surface area contributed by atoms with Gasteiger partial charge in [-0.1, -0.05) is 6.92 Å². The quantitative estimate of drug-likeness (QED) is 0.883. The number of carbonyl (C=O) groups excluding carboxylic acids is 1. The number of ether oxygens (including phenoxy) is 1. The third kappa shape index (κ3) is 3.16. The van der Waals surface area contributed by atoms with E-state index < -0.39 is 17.9 Å². The number of amides is 1. The highest BCUT2D eigenvalue weighted by Gasteiger charge is 2.20. The summed E-state index contributed by atoms with van der Waals surface area (Å²) in [5.41, 5.74) is 1.63. The van der Waals surface area contributed by atoms with E-state index in [0.29, 0.717) is 23.4 Å². The smallest absolute Gasteiger partial charge is 0.326 e. The topological polar surface area (TPSA) is 88.5 Å². The molecule has 1 unspecified atom stereocenters. The van der Waals surface area contributed by atoms with Gasteiger partial charge in [0.25, 0.3) is 5.91 Å². The Morgan fingerprint density at radius 3 is 2.68 bits per heavy atom. The van der Waals surface area contributed by atoms with Gasteiger partial charge in [-0.25, -0.2) is 4.79 Å². The summed E-state index contributed by atoms with van der Waals surface area (Å²) >= 11 is 0. The summed E-state index contributed by atoms with van der Waals surface area (Å²) in [6, 6.07) is 6.19. The maximum atomic E-state index is 12.3. The van der Waals surface area contributed by atoms with E-state index in [1.165, 1.54) is 0 Å². The van der Waals surface area contributed by atoms with Gasteiger partial charge < -0.3 is 15.2 Å². The van der Waals surface area contributed by atoms with E-state index in [-0.39, 0.29) is 0 Å². The predicted octanol–water partition coefficient (Wildman–Crippen LogP) is 2.14. The number of rotatable bonds is 5. The molecule has 1 aromatic heterocycles. The number of carbonyl (C=O) groups is 2. The SMILES string of the molecule is CCC(NC(=O)c1cc2ccc(OC)cc2nc1C)C(=O)O. The highest BCUT2D eigenvalue weighted by Crippen LogP contribution is 2.21. The van der Waals surface area contributed by atoms with Crippen molar-refractivity contribution in [1.29, 1.82) is 0 Å². The number of nitrogens with one attached hydrogen (secondary N) is 1. The van der Waals surface area contributed by atoms with Crippen molar-refractivity contribution in [2.45, 2.75) is 26.3 Å². The zero-order chi connectivity index (χ0) is 16.3. The van der Waals surface area contributed by atoms with Crippen molar-refractivity contribution in [3.63, 3.8) is 0 Å². The Labute approximate surface area is 128 Å². The molecule has 6 nitrogen and oxygen atoms in total. The predicted molar refractivity (Wildman–Crippen MR) is 82.2 cm³/mol. The van der Waals surface area contributed by atoms with Crippen LogP contribution < -0.4 is 10.1 Å². The number of aromatic nitrogens is 1. The Kier molecular flexibility index (Phi) is 4.60. The second-order valence-corrected chi connectivity index (χ2v) is 4.95. The zero-order valence-electron chi connectivity index (χ0n) is 12.7. The van der Waals surface area contributed by atoms with E-state index in [1.807, 2.05) is 6.07 Å². The van der Waals surface area contributed by atoms with Gasteiger partial charge in [0.1, 0.15) is 11.8 Å². The molecule has 2 aromatic rings. The van der Waals surface area contributed by atoms with Crippen LogP contribution >= 0.6 is 0 Å². The zero-order valence-corrected chi connectivity index (χ0v) is 12.7. The molecule has 116 valence electrons. The Morgan fingerprint density at radius 1 is 1.36 bits per heavy atom. The van der Waals surface area contributed by atoms with Crippen LogP contribution in [0.2, 0.25) is 0 Å². The highest BCUT2D eigenvalue weighted by molar-refractivity contribution is 6.00. The number of methoxy groups -OCH3 is 1. The van der Waals surface area contributed by atoms with Crippen LogP contribution in [0.4, 0.5) is 0 Å². The van der Waals surface area contributed by atoms with Gasteiger partial charge in [-0.05, 0) is 31.5 Å². The van der Waals surface area contributed by atoms with Crippen LogP contribution in [-0.2, 0) is 4.79 Å². The molecule has 1 amide bonds. The molecule has 2 rings (SSSR count). The fourth-order valence-electron chi connectivity index (χ4n) is 2.17. The molecule has 0 aliphatic heterocycles. The number of nitrogens with zero attached hydrogens (tertiary/aromatic N) is 1. The van der Waals surface area contributed by atoms with Crippen LogP contribution in [-0.4, -0.2) is 35.1 Å². The third-order valence-electron chi connectivity index (χ3n) is 3.47. The minimum atomic E-state index is -1.05. The summed E-state index contributed by atoms with van der Waals surface area (Å²) in [5, 5.41) is 12.3. The Hall–Kier alpha value is -2.63. The van der Waals surface area contributed by atoms with Crippen molar-refractivity contribution in [2.24, 2.45) is 0 Å². The number of fused-ring (bicyclic) bond motifs is 1. The Balaban J connectivity index is 2.37. The summed E-state index contributed by atoms with van der Waals surface area (Å²) in [6.45, 7) is 3.42. The molecule has 0 saturated carbocycles. The molecule has 0 saturated heterocycles. The van der Waals surface area contributed by atoms with Gasteiger partial charge in [0.15, 0.2) is 0 Å². The maximum absolute atomic E-state index is 12.3. The lowest BCUT2D eigenvalue weighted by Gasteiger charge is -2.14. The molecule has 1 heterocycles. The largest absolute Gasteiger partial charge is 0.497 e. The standard InChI is InChI=1S/C16H18N2O4/c1-4-13(16(20)21)18-15(19)12-7-10-5-6-11(22-3)8-14(10)17-9(12)2/h5-8,13H,4H2,1-3H3,(H,18,19)(H,20,21). The molecule has 2 N–H and O–H groups in total. The summed E-state index contributed by atoms with van der Waals surface area (Å²) in [5.74, 6) is -0.794. The van der Waals surface area contributed by atoms with Gasteiger partial charge in [-0.2, -0.15) is 0 Å². The molecule has 6 heteroatoms. The maximum Gasteiger partial charge on any atom is 0.326 e. The number of benzene rings is 1. The van der Waals surface area contributed by atoms with Gasteiger partial charge in [0, 0.05) is 11.5 Å². The Morgan fingerprint density at radius 2 is 2.09 bits per heavy atom. The summed E-state index contributed by atoms with van der Waals surface area (Å²) in [4.78, 5) is 27.7. The number of hydrogen-bond acceptors (Lipinski definition) is 4. The van der Waals surface area contributed by atoms with Gasteiger partial charge in [-0.3, -0.25) is 9.78 Å².